The summed E-state index contributed by atoms with van der Waals surface area (Å²) in [5.41, 5.74) is -0.864. The number of carboxylic acid groups (broad SMARTS) is 1. The van der Waals surface area contributed by atoms with Crippen LogP contribution in [0.3, 0.4) is 0 Å². The molecule has 2 rings (SSSR count). The molecule has 114 valence electrons. The van der Waals surface area contributed by atoms with Crippen molar-refractivity contribution in [2.45, 2.75) is 33.6 Å². The third-order valence-corrected chi connectivity index (χ3v) is 5.34. The highest BCUT2D eigenvalue weighted by Crippen LogP contribution is 2.56. The molecule has 1 aliphatic carbocycles. The molecule has 0 unspecified atom stereocenters. The molecule has 0 aromatic heterocycles. The lowest BCUT2D eigenvalue weighted by atomic mass is 9.65. The van der Waals surface area contributed by atoms with Gasteiger partial charge in [-0.1, -0.05) is 31.5 Å². The summed E-state index contributed by atoms with van der Waals surface area (Å²) in [6.07, 6.45) is 1.07. The topological polar surface area (TPSA) is 66.4 Å². The maximum Gasteiger partial charge on any atom is 0.309 e. The van der Waals surface area contributed by atoms with Gasteiger partial charge in [-0.25, -0.2) is 0 Å². The lowest BCUT2D eigenvalue weighted by Gasteiger charge is -2.37. The van der Waals surface area contributed by atoms with Crippen molar-refractivity contribution in [3.8, 4) is 0 Å². The molecule has 1 aromatic rings. The van der Waals surface area contributed by atoms with Crippen molar-refractivity contribution in [1.82, 2.24) is 0 Å². The highest BCUT2D eigenvalue weighted by molar-refractivity contribution is 6.30. The molecular weight excluding hydrogens is 290 g/mol. The van der Waals surface area contributed by atoms with Crippen molar-refractivity contribution in [3.63, 3.8) is 0 Å². The van der Waals surface area contributed by atoms with E-state index in [1.54, 1.807) is 31.2 Å². The predicted molar refractivity (Wildman–Crippen MR) is 82.3 cm³/mol. The minimum Gasteiger partial charge on any atom is -0.481 e. The fraction of sp³-hybridized carbons (Fsp3) is 0.500. The number of halogens is 1. The summed E-state index contributed by atoms with van der Waals surface area (Å²) in [5, 5.41) is 12.9. The van der Waals surface area contributed by atoms with Crippen molar-refractivity contribution in [1.29, 1.82) is 0 Å². The smallest absolute Gasteiger partial charge is 0.309 e. The molecule has 0 bridgehead atoms. The van der Waals surface area contributed by atoms with Gasteiger partial charge in [-0.15, -0.1) is 0 Å². The molecule has 1 amide bonds. The van der Waals surface area contributed by atoms with E-state index in [0.29, 0.717) is 23.6 Å². The summed E-state index contributed by atoms with van der Waals surface area (Å²) >= 11 is 5.90. The van der Waals surface area contributed by atoms with Crippen LogP contribution in [0.4, 0.5) is 5.69 Å². The van der Waals surface area contributed by atoms with Crippen molar-refractivity contribution < 1.29 is 14.7 Å². The maximum atomic E-state index is 12.5. The minimum absolute atomic E-state index is 0.146. The number of rotatable bonds is 3. The Kier molecular flexibility index (Phi) is 4.02. The molecule has 1 aromatic carbocycles. The molecule has 1 fully saturated rings. The third kappa shape index (κ3) is 2.64. The fourth-order valence-corrected chi connectivity index (χ4v) is 3.33. The van der Waals surface area contributed by atoms with Crippen molar-refractivity contribution in [2.24, 2.45) is 16.7 Å². The lowest BCUT2D eigenvalue weighted by molar-refractivity contribution is -0.154. The van der Waals surface area contributed by atoms with Crippen LogP contribution >= 0.6 is 11.6 Å². The molecule has 5 heteroatoms. The Bertz CT molecular complexity index is 585. The van der Waals surface area contributed by atoms with E-state index in [-0.39, 0.29) is 11.8 Å². The number of amides is 1. The summed E-state index contributed by atoms with van der Waals surface area (Å²) in [4.78, 5) is 24.1. The van der Waals surface area contributed by atoms with E-state index in [9.17, 15) is 14.7 Å². The number of benzene rings is 1. The van der Waals surface area contributed by atoms with Crippen LogP contribution in [0.5, 0.6) is 0 Å². The van der Waals surface area contributed by atoms with Crippen molar-refractivity contribution in [3.05, 3.63) is 29.3 Å². The maximum absolute atomic E-state index is 12.5. The molecule has 21 heavy (non-hydrogen) atoms. The molecule has 0 spiro atoms. The van der Waals surface area contributed by atoms with E-state index in [2.05, 4.69) is 5.32 Å². The number of carbonyl (C=O) groups is 2. The molecule has 0 radical (unpaired) electrons. The number of anilines is 1. The van der Waals surface area contributed by atoms with Gasteiger partial charge in [0.15, 0.2) is 0 Å². The van der Waals surface area contributed by atoms with Gasteiger partial charge in [-0.3, -0.25) is 9.59 Å². The second-order valence-corrected chi connectivity index (χ2v) is 6.89. The second-order valence-electron chi connectivity index (χ2n) is 6.45. The first-order chi connectivity index (χ1) is 9.68. The van der Waals surface area contributed by atoms with E-state index in [4.69, 9.17) is 11.6 Å². The summed E-state index contributed by atoms with van der Waals surface area (Å²) in [6.45, 7) is 5.44. The number of hydrogen-bond acceptors (Lipinski definition) is 2. The van der Waals surface area contributed by atoms with Gasteiger partial charge in [0.2, 0.25) is 5.91 Å². The number of carbonyl (C=O) groups excluding carboxylic acids is 1. The molecular formula is C16H20ClNO3. The van der Waals surface area contributed by atoms with E-state index < -0.39 is 16.8 Å². The van der Waals surface area contributed by atoms with Crippen molar-refractivity contribution in [2.75, 3.05) is 5.32 Å². The first kappa shape index (κ1) is 15.8. The van der Waals surface area contributed by atoms with E-state index in [1.807, 2.05) is 13.8 Å². The zero-order chi connectivity index (χ0) is 15.8. The predicted octanol–water partition coefficient (Wildman–Crippen LogP) is 3.81. The van der Waals surface area contributed by atoms with E-state index >= 15 is 0 Å². The average molecular weight is 310 g/mol. The van der Waals surface area contributed by atoms with Gasteiger partial charge in [0.05, 0.1) is 5.41 Å². The molecule has 1 saturated carbocycles. The Labute approximate surface area is 129 Å². The van der Waals surface area contributed by atoms with E-state index in [1.165, 1.54) is 0 Å². The van der Waals surface area contributed by atoms with Gasteiger partial charge in [-0.2, -0.15) is 0 Å². The minimum atomic E-state index is -0.886. The van der Waals surface area contributed by atoms with Gasteiger partial charge in [-0.05, 0) is 43.4 Å². The summed E-state index contributed by atoms with van der Waals surface area (Å²) < 4.78 is 0. The Morgan fingerprint density at radius 2 is 2.00 bits per heavy atom. The largest absolute Gasteiger partial charge is 0.481 e. The van der Waals surface area contributed by atoms with Crippen LogP contribution in [-0.2, 0) is 9.59 Å². The summed E-state index contributed by atoms with van der Waals surface area (Å²) in [7, 11) is 0. The normalized spacial score (nSPS) is 27.3. The van der Waals surface area contributed by atoms with Crippen LogP contribution in [0.25, 0.3) is 0 Å². The monoisotopic (exact) mass is 309 g/mol. The van der Waals surface area contributed by atoms with Gasteiger partial charge in [0.25, 0.3) is 0 Å². The molecule has 0 heterocycles. The SMILES string of the molecule is CC1(C)[C@@H](C(=O)Nc2cccc(Cl)c2)CC[C@@]1(C)C(=O)O. The number of carboxylic acids is 1. The Hall–Kier alpha value is -1.55. The zero-order valence-electron chi connectivity index (χ0n) is 12.4. The Morgan fingerprint density at radius 3 is 2.52 bits per heavy atom. The first-order valence-corrected chi connectivity index (χ1v) is 7.36. The summed E-state index contributed by atoms with van der Waals surface area (Å²) in [6, 6.07) is 6.94. The van der Waals surface area contributed by atoms with Crippen LogP contribution in [-0.4, -0.2) is 17.0 Å². The zero-order valence-corrected chi connectivity index (χ0v) is 13.2. The Balaban J connectivity index is 2.19. The van der Waals surface area contributed by atoms with Crippen LogP contribution in [0.1, 0.15) is 33.6 Å². The van der Waals surface area contributed by atoms with E-state index in [0.717, 1.165) is 0 Å². The quantitative estimate of drug-likeness (QED) is 0.892. The third-order valence-electron chi connectivity index (χ3n) is 5.11. The highest BCUT2D eigenvalue weighted by atomic mass is 35.5. The van der Waals surface area contributed by atoms with Crippen molar-refractivity contribution >= 4 is 29.2 Å². The number of hydrogen-bond donors (Lipinski definition) is 2. The highest BCUT2D eigenvalue weighted by Gasteiger charge is 2.58. The van der Waals surface area contributed by atoms with Crippen LogP contribution < -0.4 is 5.32 Å². The molecule has 2 N–H and O–H groups in total. The molecule has 0 aliphatic heterocycles. The van der Waals surface area contributed by atoms with Crippen LogP contribution in [0.2, 0.25) is 5.02 Å². The molecule has 4 nitrogen and oxygen atoms in total. The molecule has 2 atom stereocenters. The summed E-state index contributed by atoms with van der Waals surface area (Å²) in [5.74, 6) is -1.32. The fourth-order valence-electron chi connectivity index (χ4n) is 3.14. The van der Waals surface area contributed by atoms with Gasteiger partial charge >= 0.3 is 5.97 Å². The lowest BCUT2D eigenvalue weighted by Crippen LogP contribution is -2.43. The second kappa shape index (κ2) is 5.34. The average Bonchev–Trinajstić information content (AvgIpc) is 2.61. The number of aliphatic carboxylic acids is 1. The first-order valence-electron chi connectivity index (χ1n) is 6.98. The standard InChI is InChI=1S/C16H20ClNO3/c1-15(2)12(7-8-16(15,3)14(20)21)13(19)18-11-6-4-5-10(17)9-11/h4-6,9,12H,7-8H2,1-3H3,(H,18,19)(H,20,21)/t12-,16+/m1/s1. The Morgan fingerprint density at radius 1 is 1.33 bits per heavy atom. The van der Waals surface area contributed by atoms with Gasteiger partial charge < -0.3 is 10.4 Å². The number of nitrogens with one attached hydrogen (secondary N) is 1. The van der Waals surface area contributed by atoms with Crippen LogP contribution in [0, 0.1) is 16.7 Å². The van der Waals surface area contributed by atoms with Crippen LogP contribution in [0.15, 0.2) is 24.3 Å². The molecule has 1 aliphatic rings. The molecule has 0 saturated heterocycles. The van der Waals surface area contributed by atoms with Gasteiger partial charge in [0.1, 0.15) is 0 Å². The van der Waals surface area contributed by atoms with Gasteiger partial charge in [0, 0.05) is 16.6 Å².